The molecular formula is C42H43ClF2N6O4. The number of ether oxygens (including phenoxy) is 2. The van der Waals surface area contributed by atoms with E-state index in [0.29, 0.717) is 61.0 Å². The van der Waals surface area contributed by atoms with Crippen molar-refractivity contribution in [3.63, 3.8) is 0 Å². The normalized spacial score (nSPS) is 18.8. The minimum Gasteiger partial charge on any atom is -0.496 e. The summed E-state index contributed by atoms with van der Waals surface area (Å²) in [4.78, 5) is 29.7. The average molecular weight is 769 g/mol. The van der Waals surface area contributed by atoms with Crippen LogP contribution in [0.25, 0.3) is 33.3 Å². The Bertz CT molecular complexity index is 2270. The maximum absolute atomic E-state index is 14.1. The summed E-state index contributed by atoms with van der Waals surface area (Å²) < 4.78 is 39.4. The van der Waals surface area contributed by atoms with Crippen molar-refractivity contribution in [1.29, 1.82) is 0 Å². The molecular weight excluding hydrogens is 726 g/mol. The van der Waals surface area contributed by atoms with Crippen LogP contribution in [0.5, 0.6) is 5.75 Å². The maximum atomic E-state index is 14.1. The second-order valence-electron chi connectivity index (χ2n) is 14.6. The topological polar surface area (TPSA) is 113 Å². The Balaban J connectivity index is 1.08. The summed E-state index contributed by atoms with van der Waals surface area (Å²) in [5.74, 6) is 0.179. The number of benzene rings is 3. The molecule has 8 rings (SSSR count). The second-order valence-corrected chi connectivity index (χ2v) is 15.0. The molecule has 4 heterocycles. The van der Waals surface area contributed by atoms with Gasteiger partial charge in [-0.05, 0) is 79.1 Å². The van der Waals surface area contributed by atoms with Crippen LogP contribution in [-0.2, 0) is 22.5 Å². The Kier molecular flexibility index (Phi) is 10.4. The van der Waals surface area contributed by atoms with Gasteiger partial charge in [-0.1, -0.05) is 48.0 Å². The van der Waals surface area contributed by atoms with E-state index in [-0.39, 0.29) is 29.9 Å². The van der Waals surface area contributed by atoms with Crippen molar-refractivity contribution in [2.24, 2.45) is 5.92 Å². The fourth-order valence-electron chi connectivity index (χ4n) is 8.29. The van der Waals surface area contributed by atoms with E-state index >= 15 is 0 Å². The Morgan fingerprint density at radius 1 is 1.05 bits per heavy atom. The Hall–Kier alpha value is -4.75. The van der Waals surface area contributed by atoms with Crippen LogP contribution in [0.4, 0.5) is 20.3 Å². The molecule has 2 aliphatic heterocycles. The minimum absolute atomic E-state index is 0.0880. The molecule has 13 heteroatoms. The van der Waals surface area contributed by atoms with Crippen molar-refractivity contribution < 1.29 is 28.2 Å². The predicted octanol–water partition coefficient (Wildman–Crippen LogP) is 8.06. The average Bonchev–Trinajstić information content (AvgIpc) is 3.77. The van der Waals surface area contributed by atoms with Crippen LogP contribution in [-0.4, -0.2) is 81.8 Å². The summed E-state index contributed by atoms with van der Waals surface area (Å²) in [6.07, 6.45) is 0.995. The van der Waals surface area contributed by atoms with Crippen LogP contribution in [0.15, 0.2) is 60.8 Å². The molecule has 2 fully saturated rings. The number of nitrogens with zero attached hydrogens (tertiary/aromatic N) is 5. The number of aromatic nitrogens is 3. The zero-order valence-corrected chi connectivity index (χ0v) is 31.7. The highest BCUT2D eigenvalue weighted by Crippen LogP contribution is 2.48. The number of methoxy groups -OCH3 is 1. The molecule has 2 atom stereocenters. The van der Waals surface area contributed by atoms with Crippen LogP contribution in [0.1, 0.15) is 60.3 Å². The smallest absolute Gasteiger partial charge is 0.311 e. The summed E-state index contributed by atoms with van der Waals surface area (Å²) in [7, 11) is 1.69. The number of hydrogen-bond donors (Lipinski definition) is 2. The van der Waals surface area contributed by atoms with Crippen molar-refractivity contribution >= 4 is 40.1 Å². The van der Waals surface area contributed by atoms with E-state index in [4.69, 9.17) is 21.1 Å². The molecule has 2 N–H and O–H groups in total. The molecule has 0 spiro atoms. The number of carbonyl (C=O) groups is 1. The number of aliphatic hydroxyl groups excluding tert-OH is 1. The number of β-amino-alcohol motifs (C(OH)–C–C–N with tert-alkyl or cyclic N) is 1. The van der Waals surface area contributed by atoms with Gasteiger partial charge in [0.1, 0.15) is 11.3 Å². The SMILES string of the molecule is CCOC(=O)C1CN(C2CCc3cc(-c4cccc(-c5cccc(Nc6nc(C(F)F)nc7cc(CN8CCC(O)C8)cnc67)c5C)c4Cl)cc(OC)c32)C1. The molecule has 286 valence electrons. The number of alkyl halides is 2. The van der Waals surface area contributed by atoms with Gasteiger partial charge in [-0.25, -0.2) is 18.7 Å². The quantitative estimate of drug-likeness (QED) is 0.128. The number of rotatable bonds is 11. The number of aryl methyl sites for hydroxylation is 1. The molecule has 55 heavy (non-hydrogen) atoms. The molecule has 1 aliphatic carbocycles. The lowest BCUT2D eigenvalue weighted by molar-refractivity contribution is -0.155. The van der Waals surface area contributed by atoms with Gasteiger partial charge in [0.05, 0.1) is 36.3 Å². The number of pyridine rings is 1. The van der Waals surface area contributed by atoms with Gasteiger partial charge in [0.2, 0.25) is 0 Å². The van der Waals surface area contributed by atoms with Crippen LogP contribution in [0, 0.1) is 12.8 Å². The first kappa shape index (κ1) is 37.2. The first-order chi connectivity index (χ1) is 26.6. The highest BCUT2D eigenvalue weighted by Gasteiger charge is 2.41. The third-order valence-electron chi connectivity index (χ3n) is 11.1. The lowest BCUT2D eigenvalue weighted by Gasteiger charge is -2.42. The van der Waals surface area contributed by atoms with E-state index in [2.05, 4.69) is 36.1 Å². The van der Waals surface area contributed by atoms with Gasteiger partial charge in [-0.3, -0.25) is 19.6 Å². The first-order valence-corrected chi connectivity index (χ1v) is 19.1. The van der Waals surface area contributed by atoms with Gasteiger partial charge in [-0.2, -0.15) is 0 Å². The standard InChI is InChI=1S/C42H43ClF2N6O4/c1-4-55-42(53)27-20-51(21-27)34-12-11-25-16-26(17-35(54-3)36(25)34)30-8-5-9-31(37(30)43)29-7-6-10-32(23(29)2)47-40-38-33(48-41(49-40)39(44)45)15-24(18-46-38)19-50-14-13-28(52)22-50/h5-10,15-18,27-28,34,39,52H,4,11-14,19-22H2,1-3H3,(H,47,48,49). The first-order valence-electron chi connectivity index (χ1n) is 18.7. The zero-order valence-electron chi connectivity index (χ0n) is 31.0. The van der Waals surface area contributed by atoms with E-state index in [1.807, 2.05) is 56.3 Å². The summed E-state index contributed by atoms with van der Waals surface area (Å²) in [6.45, 7) is 7.38. The van der Waals surface area contributed by atoms with Crippen molar-refractivity contribution in [3.05, 3.63) is 93.9 Å². The van der Waals surface area contributed by atoms with Gasteiger partial charge in [0.15, 0.2) is 11.6 Å². The van der Waals surface area contributed by atoms with Crippen LogP contribution < -0.4 is 10.1 Å². The van der Waals surface area contributed by atoms with Gasteiger partial charge in [-0.15, -0.1) is 0 Å². The number of halogens is 3. The van der Waals surface area contributed by atoms with E-state index in [1.165, 1.54) is 11.1 Å². The Morgan fingerprint density at radius 2 is 1.84 bits per heavy atom. The van der Waals surface area contributed by atoms with Gasteiger partial charge in [0, 0.05) is 67.3 Å². The molecule has 3 aromatic carbocycles. The van der Waals surface area contributed by atoms with Gasteiger partial charge in [0.25, 0.3) is 6.43 Å². The summed E-state index contributed by atoms with van der Waals surface area (Å²) in [6, 6.07) is 17.9. The molecule has 3 aliphatic rings. The summed E-state index contributed by atoms with van der Waals surface area (Å²) >= 11 is 7.26. The van der Waals surface area contributed by atoms with Crippen molar-refractivity contribution in [3.8, 4) is 28.0 Å². The van der Waals surface area contributed by atoms with Gasteiger partial charge < -0.3 is 19.9 Å². The molecule has 0 radical (unpaired) electrons. The molecule has 5 aromatic rings. The molecule has 0 bridgehead atoms. The van der Waals surface area contributed by atoms with Crippen LogP contribution >= 0.6 is 11.6 Å². The Morgan fingerprint density at radius 3 is 2.58 bits per heavy atom. The van der Waals surface area contributed by atoms with E-state index in [9.17, 15) is 18.7 Å². The number of anilines is 2. The van der Waals surface area contributed by atoms with Crippen LogP contribution in [0.2, 0.25) is 5.02 Å². The summed E-state index contributed by atoms with van der Waals surface area (Å²) in [5, 5.41) is 13.8. The second kappa shape index (κ2) is 15.4. The lowest BCUT2D eigenvalue weighted by Crippen LogP contribution is -2.51. The molecule has 2 unspecified atom stereocenters. The fourth-order valence-corrected chi connectivity index (χ4v) is 8.63. The molecule has 2 aromatic heterocycles. The minimum atomic E-state index is -2.88. The number of nitrogens with one attached hydrogen (secondary N) is 1. The fraction of sp³-hybridized carbons (Fsp3) is 0.381. The summed E-state index contributed by atoms with van der Waals surface area (Å²) in [5.41, 5.74) is 8.89. The number of aliphatic hydroxyl groups is 1. The number of hydrogen-bond acceptors (Lipinski definition) is 10. The van der Waals surface area contributed by atoms with Crippen molar-refractivity contribution in [2.75, 3.05) is 45.2 Å². The van der Waals surface area contributed by atoms with E-state index < -0.39 is 12.2 Å². The molecule has 2 saturated heterocycles. The molecule has 0 saturated carbocycles. The number of likely N-dealkylation sites (tertiary alicyclic amines) is 2. The number of fused-ring (bicyclic) bond motifs is 2. The molecule has 10 nitrogen and oxygen atoms in total. The van der Waals surface area contributed by atoms with Crippen LogP contribution in [0.3, 0.4) is 0 Å². The number of esters is 1. The Labute approximate surface area is 323 Å². The van der Waals surface area contributed by atoms with E-state index in [1.54, 1.807) is 19.4 Å². The number of carbonyl (C=O) groups excluding carboxylic acids is 1. The zero-order chi connectivity index (χ0) is 38.4. The van der Waals surface area contributed by atoms with E-state index in [0.717, 1.165) is 58.5 Å². The maximum Gasteiger partial charge on any atom is 0.311 e. The molecule has 0 amide bonds. The van der Waals surface area contributed by atoms with Gasteiger partial charge >= 0.3 is 5.97 Å². The highest BCUT2D eigenvalue weighted by molar-refractivity contribution is 6.36. The lowest BCUT2D eigenvalue weighted by atomic mass is 9.92. The monoisotopic (exact) mass is 768 g/mol. The third-order valence-corrected chi connectivity index (χ3v) is 11.5. The van der Waals surface area contributed by atoms with Crippen molar-refractivity contribution in [1.82, 2.24) is 24.8 Å². The largest absolute Gasteiger partial charge is 0.496 e. The third kappa shape index (κ3) is 7.24. The highest BCUT2D eigenvalue weighted by atomic mass is 35.5. The predicted molar refractivity (Wildman–Crippen MR) is 208 cm³/mol. The van der Waals surface area contributed by atoms with Crippen molar-refractivity contribution in [2.45, 2.75) is 58.2 Å².